The van der Waals surface area contributed by atoms with E-state index in [1.54, 1.807) is 7.11 Å². The van der Waals surface area contributed by atoms with E-state index in [-0.39, 0.29) is 24.7 Å². The summed E-state index contributed by atoms with van der Waals surface area (Å²) in [4.78, 5) is 11.4. The first kappa shape index (κ1) is 24.8. The molecule has 7 heteroatoms. The first-order valence-corrected chi connectivity index (χ1v) is 11.8. The van der Waals surface area contributed by atoms with Crippen molar-refractivity contribution in [2.45, 2.75) is 76.2 Å². The van der Waals surface area contributed by atoms with Crippen molar-refractivity contribution < 1.29 is 33.2 Å². The van der Waals surface area contributed by atoms with Crippen LogP contribution in [0.1, 0.15) is 37.8 Å². The molecule has 0 aliphatic carbocycles. The third kappa shape index (κ3) is 6.43. The molecule has 2 aliphatic rings. The molecule has 34 heavy (non-hydrogen) atoms. The molecule has 2 aliphatic heterocycles. The molecule has 5 atom stereocenters. The monoisotopic (exact) mass is 470 g/mol. The van der Waals surface area contributed by atoms with Gasteiger partial charge in [-0.3, -0.25) is 0 Å². The molecule has 0 N–H and O–H groups in total. The van der Waals surface area contributed by atoms with Crippen molar-refractivity contribution in [3.05, 3.63) is 65.7 Å². The maximum absolute atomic E-state index is 11.4. The van der Waals surface area contributed by atoms with Gasteiger partial charge in [0.05, 0.1) is 45.2 Å². The molecule has 2 aromatic rings. The molecule has 2 fully saturated rings. The maximum atomic E-state index is 11.4. The summed E-state index contributed by atoms with van der Waals surface area (Å²) < 4.78 is 36.1. The molecular formula is C27H34O7. The molecule has 0 bridgehead atoms. The number of methoxy groups -OCH3 is 1. The van der Waals surface area contributed by atoms with E-state index < -0.39 is 18.0 Å². The number of aldehydes is 1. The highest BCUT2D eigenvalue weighted by Gasteiger charge is 2.48. The fraction of sp³-hybridized carbons (Fsp3) is 0.519. The van der Waals surface area contributed by atoms with E-state index in [0.29, 0.717) is 26.2 Å². The van der Waals surface area contributed by atoms with Gasteiger partial charge in [-0.2, -0.15) is 0 Å². The predicted molar refractivity (Wildman–Crippen MR) is 125 cm³/mol. The van der Waals surface area contributed by atoms with Crippen LogP contribution >= 0.6 is 0 Å². The second kappa shape index (κ2) is 11.4. The van der Waals surface area contributed by atoms with Crippen LogP contribution in [0.15, 0.2) is 54.6 Å². The predicted octanol–water partition coefficient (Wildman–Crippen LogP) is 4.06. The minimum atomic E-state index is -0.615. The smallest absolute Gasteiger partial charge is 0.163 e. The summed E-state index contributed by atoms with van der Waals surface area (Å²) >= 11 is 0. The Balaban J connectivity index is 1.49. The quantitative estimate of drug-likeness (QED) is 0.459. The van der Waals surface area contributed by atoms with Crippen molar-refractivity contribution in [1.29, 1.82) is 0 Å². The fourth-order valence-electron chi connectivity index (χ4n) is 4.50. The van der Waals surface area contributed by atoms with E-state index in [4.69, 9.17) is 28.4 Å². The van der Waals surface area contributed by atoms with Gasteiger partial charge in [0.2, 0.25) is 0 Å². The van der Waals surface area contributed by atoms with Gasteiger partial charge in [-0.1, -0.05) is 42.5 Å². The minimum Gasteiger partial charge on any atom is -0.497 e. The van der Waals surface area contributed by atoms with Crippen molar-refractivity contribution in [3.63, 3.8) is 0 Å². The highest BCUT2D eigenvalue weighted by atomic mass is 16.7. The molecule has 0 unspecified atom stereocenters. The lowest BCUT2D eigenvalue weighted by Gasteiger charge is -2.26. The standard InChI is InChI=1S/C27H34O7/c1-27(2)32-18-22(34-27)15-24-26(31-16-19-7-5-4-6-8-19)25(23(33-24)13-14-28)30-17-20-9-11-21(29-3)12-10-20/h4-12,14,22-26H,13,15-18H2,1-3H3/t22-,23-,24+,25-,26-/m0/s1. The summed E-state index contributed by atoms with van der Waals surface area (Å²) in [5.41, 5.74) is 2.07. The number of ether oxygens (including phenoxy) is 6. The molecule has 4 rings (SSSR count). The highest BCUT2D eigenvalue weighted by molar-refractivity contribution is 5.50. The van der Waals surface area contributed by atoms with Gasteiger partial charge in [0.1, 0.15) is 24.2 Å². The van der Waals surface area contributed by atoms with Crippen LogP contribution in [0, 0.1) is 0 Å². The van der Waals surface area contributed by atoms with Gasteiger partial charge in [-0.25, -0.2) is 0 Å². The van der Waals surface area contributed by atoms with E-state index in [1.165, 1.54) is 0 Å². The Morgan fingerprint density at radius 1 is 0.941 bits per heavy atom. The Morgan fingerprint density at radius 3 is 2.18 bits per heavy atom. The lowest BCUT2D eigenvalue weighted by atomic mass is 10.0. The molecule has 0 saturated carbocycles. The minimum absolute atomic E-state index is 0.111. The fourth-order valence-corrected chi connectivity index (χ4v) is 4.50. The Kier molecular flexibility index (Phi) is 8.34. The number of hydrogen-bond donors (Lipinski definition) is 0. The maximum Gasteiger partial charge on any atom is 0.163 e. The van der Waals surface area contributed by atoms with Crippen molar-refractivity contribution in [3.8, 4) is 5.75 Å². The summed E-state index contributed by atoms with van der Waals surface area (Å²) in [6.07, 6.45) is 0.188. The van der Waals surface area contributed by atoms with Gasteiger partial charge in [0.15, 0.2) is 5.79 Å². The Hall–Kier alpha value is -2.29. The van der Waals surface area contributed by atoms with Crippen LogP contribution in [0.5, 0.6) is 5.75 Å². The van der Waals surface area contributed by atoms with Crippen molar-refractivity contribution in [1.82, 2.24) is 0 Å². The number of benzene rings is 2. The summed E-state index contributed by atoms with van der Waals surface area (Å²) in [5.74, 6) is 0.175. The van der Waals surface area contributed by atoms with Crippen LogP contribution in [0.25, 0.3) is 0 Å². The van der Waals surface area contributed by atoms with Gasteiger partial charge in [-0.05, 0) is 37.1 Å². The van der Waals surface area contributed by atoms with Crippen LogP contribution in [-0.4, -0.2) is 56.3 Å². The van der Waals surface area contributed by atoms with Crippen LogP contribution in [0.4, 0.5) is 0 Å². The van der Waals surface area contributed by atoms with E-state index in [9.17, 15) is 4.79 Å². The third-order valence-electron chi connectivity index (χ3n) is 6.18. The molecule has 184 valence electrons. The molecule has 0 spiro atoms. The zero-order valence-electron chi connectivity index (χ0n) is 20.1. The molecule has 0 aromatic heterocycles. The summed E-state index contributed by atoms with van der Waals surface area (Å²) in [5, 5.41) is 0. The Labute approximate surface area is 201 Å². The average molecular weight is 471 g/mol. The van der Waals surface area contributed by atoms with E-state index >= 15 is 0 Å². The zero-order valence-corrected chi connectivity index (χ0v) is 20.1. The van der Waals surface area contributed by atoms with E-state index in [2.05, 4.69) is 0 Å². The second-order valence-corrected chi connectivity index (χ2v) is 9.19. The summed E-state index contributed by atoms with van der Waals surface area (Å²) in [6.45, 7) is 5.11. The zero-order chi connectivity index (χ0) is 24.0. The Morgan fingerprint density at radius 2 is 1.59 bits per heavy atom. The van der Waals surface area contributed by atoms with Crippen LogP contribution < -0.4 is 4.74 Å². The highest BCUT2D eigenvalue weighted by Crippen LogP contribution is 2.35. The largest absolute Gasteiger partial charge is 0.497 e. The number of hydrogen-bond acceptors (Lipinski definition) is 7. The number of rotatable bonds is 11. The molecule has 0 radical (unpaired) electrons. The lowest BCUT2D eigenvalue weighted by molar-refractivity contribution is -0.145. The van der Waals surface area contributed by atoms with Crippen LogP contribution in [0.3, 0.4) is 0 Å². The Bertz CT molecular complexity index is 899. The SMILES string of the molecule is COc1ccc(CO[C@@H]2[C@@H](OCc3ccccc3)[C@@H](C[C@H]3COC(C)(C)O3)O[C@H]2CC=O)cc1. The number of carbonyl (C=O) groups is 1. The molecule has 2 saturated heterocycles. The summed E-state index contributed by atoms with van der Waals surface area (Å²) in [6, 6.07) is 17.7. The average Bonchev–Trinajstić information content (AvgIpc) is 3.35. The van der Waals surface area contributed by atoms with Crippen LogP contribution in [0.2, 0.25) is 0 Å². The van der Waals surface area contributed by atoms with Gasteiger partial charge in [-0.15, -0.1) is 0 Å². The molecule has 2 heterocycles. The third-order valence-corrected chi connectivity index (χ3v) is 6.18. The number of carbonyl (C=O) groups excluding carboxylic acids is 1. The van der Waals surface area contributed by atoms with Crippen LogP contribution in [-0.2, 0) is 41.7 Å². The lowest BCUT2D eigenvalue weighted by Crippen LogP contribution is -2.39. The van der Waals surface area contributed by atoms with Crippen molar-refractivity contribution >= 4 is 6.29 Å². The second-order valence-electron chi connectivity index (χ2n) is 9.19. The first-order chi connectivity index (χ1) is 16.5. The van der Waals surface area contributed by atoms with Gasteiger partial charge < -0.3 is 33.2 Å². The van der Waals surface area contributed by atoms with E-state index in [0.717, 1.165) is 23.2 Å². The first-order valence-electron chi connectivity index (χ1n) is 11.8. The van der Waals surface area contributed by atoms with Gasteiger partial charge in [0.25, 0.3) is 0 Å². The molecular weight excluding hydrogens is 436 g/mol. The normalized spacial score (nSPS) is 28.1. The van der Waals surface area contributed by atoms with Crippen molar-refractivity contribution in [2.24, 2.45) is 0 Å². The van der Waals surface area contributed by atoms with E-state index in [1.807, 2.05) is 68.4 Å². The summed E-state index contributed by atoms with van der Waals surface area (Å²) in [7, 11) is 1.64. The molecule has 7 nitrogen and oxygen atoms in total. The van der Waals surface area contributed by atoms with Crippen molar-refractivity contribution in [2.75, 3.05) is 13.7 Å². The molecule has 2 aromatic carbocycles. The van der Waals surface area contributed by atoms with Gasteiger partial charge in [0, 0.05) is 12.8 Å². The van der Waals surface area contributed by atoms with Gasteiger partial charge >= 0.3 is 0 Å². The molecule has 0 amide bonds. The topological polar surface area (TPSA) is 72.5 Å².